The van der Waals surface area contributed by atoms with Gasteiger partial charge in [-0.1, -0.05) is 13.0 Å². The molecule has 0 bridgehead atoms. The largest absolute Gasteiger partial charge is 0.345 e. The van der Waals surface area contributed by atoms with Crippen molar-refractivity contribution in [1.29, 1.82) is 0 Å². The Kier molecular flexibility index (Phi) is 7.11. The Morgan fingerprint density at radius 1 is 1.37 bits per heavy atom. The number of halogens is 1. The molecule has 0 aliphatic carbocycles. The van der Waals surface area contributed by atoms with E-state index < -0.39 is 0 Å². The predicted molar refractivity (Wildman–Crippen MR) is 78.6 cm³/mol. The van der Waals surface area contributed by atoms with E-state index in [-0.39, 0.29) is 30.1 Å². The van der Waals surface area contributed by atoms with Gasteiger partial charge < -0.3 is 16.0 Å². The van der Waals surface area contributed by atoms with Gasteiger partial charge in [-0.2, -0.15) is 0 Å². The van der Waals surface area contributed by atoms with Crippen LogP contribution in [-0.4, -0.2) is 37.4 Å². The van der Waals surface area contributed by atoms with Gasteiger partial charge in [-0.15, -0.1) is 12.4 Å². The van der Waals surface area contributed by atoms with Crippen molar-refractivity contribution in [3.8, 4) is 0 Å². The van der Waals surface area contributed by atoms with Crippen LogP contribution in [0.1, 0.15) is 17.3 Å². The Morgan fingerprint density at radius 2 is 2.00 bits per heavy atom. The molecule has 3 N–H and O–H groups in total. The molecule has 0 spiro atoms. The Labute approximate surface area is 119 Å². The smallest absolute Gasteiger partial charge is 0.253 e. The number of anilines is 1. The van der Waals surface area contributed by atoms with Gasteiger partial charge in [0.25, 0.3) is 5.91 Å². The molecular weight excluding hydrogens is 266 g/mol. The molecule has 2 amide bonds. The lowest BCUT2D eigenvalue weighted by molar-refractivity contribution is -0.119. The normalized spacial score (nSPS) is 11.2. The molecule has 0 saturated heterocycles. The zero-order chi connectivity index (χ0) is 13.7. The number of carbonyl (C=O) groups is 2. The highest BCUT2D eigenvalue weighted by molar-refractivity contribution is 5.97. The minimum Gasteiger partial charge on any atom is -0.345 e. The Bertz CT molecular complexity index is 449. The second kappa shape index (κ2) is 7.76. The van der Waals surface area contributed by atoms with Crippen LogP contribution in [0.2, 0.25) is 0 Å². The van der Waals surface area contributed by atoms with Crippen LogP contribution in [0, 0.1) is 5.92 Å². The lowest BCUT2D eigenvalue weighted by atomic mass is 10.1. The van der Waals surface area contributed by atoms with Gasteiger partial charge in [0.2, 0.25) is 5.91 Å². The molecule has 0 fully saturated rings. The minimum absolute atomic E-state index is 0. The van der Waals surface area contributed by atoms with Crippen LogP contribution in [0.4, 0.5) is 5.69 Å². The first-order valence-electron chi connectivity index (χ1n) is 5.78. The van der Waals surface area contributed by atoms with Crippen molar-refractivity contribution in [2.24, 2.45) is 11.7 Å². The van der Waals surface area contributed by atoms with Gasteiger partial charge in [-0.05, 0) is 18.2 Å². The minimum atomic E-state index is -0.252. The van der Waals surface area contributed by atoms with Crippen LogP contribution < -0.4 is 11.1 Å². The maximum atomic E-state index is 11.8. The van der Waals surface area contributed by atoms with Crippen LogP contribution in [0.15, 0.2) is 24.3 Å². The molecular formula is C13H20ClN3O2. The molecule has 1 rings (SSSR count). The quantitative estimate of drug-likeness (QED) is 0.877. The predicted octanol–water partition coefficient (Wildman–Crippen LogP) is 1.34. The summed E-state index contributed by atoms with van der Waals surface area (Å²) >= 11 is 0. The fraction of sp³-hybridized carbons (Fsp3) is 0.385. The van der Waals surface area contributed by atoms with E-state index in [0.29, 0.717) is 17.8 Å². The summed E-state index contributed by atoms with van der Waals surface area (Å²) in [5, 5.41) is 2.74. The highest BCUT2D eigenvalue weighted by atomic mass is 35.5. The molecule has 1 aromatic carbocycles. The number of amides is 2. The Morgan fingerprint density at radius 3 is 2.53 bits per heavy atom. The summed E-state index contributed by atoms with van der Waals surface area (Å²) in [5.74, 6) is -0.497. The number of nitrogens with one attached hydrogen (secondary N) is 1. The molecule has 0 heterocycles. The third-order valence-electron chi connectivity index (χ3n) is 2.58. The van der Waals surface area contributed by atoms with Crippen LogP contribution in [-0.2, 0) is 4.79 Å². The maximum Gasteiger partial charge on any atom is 0.253 e. The molecule has 0 aliphatic rings. The van der Waals surface area contributed by atoms with Gasteiger partial charge >= 0.3 is 0 Å². The molecule has 0 radical (unpaired) electrons. The van der Waals surface area contributed by atoms with E-state index in [1.54, 1.807) is 45.3 Å². The lowest BCUT2D eigenvalue weighted by Crippen LogP contribution is -2.27. The monoisotopic (exact) mass is 285 g/mol. The number of nitrogens with zero attached hydrogens (tertiary/aromatic N) is 1. The SMILES string of the molecule is CC(CN)C(=O)Nc1cccc(C(=O)N(C)C)c1.Cl. The molecule has 1 aromatic rings. The molecule has 106 valence electrons. The molecule has 6 heteroatoms. The average Bonchev–Trinajstić information content (AvgIpc) is 2.36. The van der Waals surface area contributed by atoms with E-state index in [4.69, 9.17) is 5.73 Å². The van der Waals surface area contributed by atoms with Crippen molar-refractivity contribution in [3.05, 3.63) is 29.8 Å². The van der Waals surface area contributed by atoms with E-state index in [1.807, 2.05) is 0 Å². The van der Waals surface area contributed by atoms with Gasteiger partial charge in [0.1, 0.15) is 0 Å². The zero-order valence-electron chi connectivity index (χ0n) is 11.3. The summed E-state index contributed by atoms with van der Waals surface area (Å²) < 4.78 is 0. The van der Waals surface area contributed by atoms with Crippen LogP contribution in [0.3, 0.4) is 0 Å². The summed E-state index contributed by atoms with van der Waals surface area (Å²) in [6.45, 7) is 2.05. The summed E-state index contributed by atoms with van der Waals surface area (Å²) in [4.78, 5) is 24.9. The summed E-state index contributed by atoms with van der Waals surface area (Å²) in [7, 11) is 3.37. The van der Waals surface area contributed by atoms with Gasteiger partial charge in [0.05, 0.1) is 0 Å². The van der Waals surface area contributed by atoms with Crippen molar-refractivity contribution < 1.29 is 9.59 Å². The number of rotatable bonds is 4. The molecule has 1 unspecified atom stereocenters. The topological polar surface area (TPSA) is 75.4 Å². The molecule has 0 aromatic heterocycles. The highest BCUT2D eigenvalue weighted by Crippen LogP contribution is 2.13. The standard InChI is InChI=1S/C13H19N3O2.ClH/c1-9(8-14)12(17)15-11-6-4-5-10(7-11)13(18)16(2)3;/h4-7,9H,8,14H2,1-3H3,(H,15,17);1H. The number of carbonyl (C=O) groups excluding carboxylic acids is 2. The lowest BCUT2D eigenvalue weighted by Gasteiger charge is -2.13. The van der Waals surface area contributed by atoms with Crippen LogP contribution in [0.25, 0.3) is 0 Å². The van der Waals surface area contributed by atoms with Crippen molar-refractivity contribution in [1.82, 2.24) is 4.90 Å². The maximum absolute atomic E-state index is 11.8. The highest BCUT2D eigenvalue weighted by Gasteiger charge is 2.12. The summed E-state index contributed by atoms with van der Waals surface area (Å²) in [5.41, 5.74) is 6.57. The van der Waals surface area contributed by atoms with E-state index in [0.717, 1.165) is 0 Å². The third-order valence-corrected chi connectivity index (χ3v) is 2.58. The van der Waals surface area contributed by atoms with Crippen molar-refractivity contribution in [2.75, 3.05) is 26.0 Å². The van der Waals surface area contributed by atoms with Gasteiger partial charge in [-0.25, -0.2) is 0 Å². The fourth-order valence-corrected chi connectivity index (χ4v) is 1.36. The zero-order valence-corrected chi connectivity index (χ0v) is 12.2. The average molecular weight is 286 g/mol. The number of benzene rings is 1. The van der Waals surface area contributed by atoms with E-state index in [2.05, 4.69) is 5.32 Å². The molecule has 5 nitrogen and oxygen atoms in total. The second-order valence-electron chi connectivity index (χ2n) is 4.41. The first kappa shape index (κ1) is 17.4. The van der Waals surface area contributed by atoms with Gasteiger partial charge in [0, 0.05) is 37.8 Å². The Hall–Kier alpha value is -1.59. The van der Waals surface area contributed by atoms with Crippen LogP contribution in [0.5, 0.6) is 0 Å². The first-order valence-corrected chi connectivity index (χ1v) is 5.78. The second-order valence-corrected chi connectivity index (χ2v) is 4.41. The molecule has 0 aliphatic heterocycles. The first-order chi connectivity index (χ1) is 8.45. The summed E-state index contributed by atoms with van der Waals surface area (Å²) in [6.07, 6.45) is 0. The molecule has 19 heavy (non-hydrogen) atoms. The molecule has 1 atom stereocenters. The number of nitrogens with two attached hydrogens (primary N) is 1. The Balaban J connectivity index is 0.00000324. The van der Waals surface area contributed by atoms with E-state index in [1.165, 1.54) is 4.90 Å². The summed E-state index contributed by atoms with van der Waals surface area (Å²) in [6, 6.07) is 6.85. The van der Waals surface area contributed by atoms with E-state index >= 15 is 0 Å². The third kappa shape index (κ3) is 4.89. The van der Waals surface area contributed by atoms with Crippen molar-refractivity contribution in [3.63, 3.8) is 0 Å². The van der Waals surface area contributed by atoms with Crippen molar-refractivity contribution >= 4 is 29.9 Å². The fourth-order valence-electron chi connectivity index (χ4n) is 1.36. The van der Waals surface area contributed by atoms with Crippen LogP contribution >= 0.6 is 12.4 Å². The van der Waals surface area contributed by atoms with Gasteiger partial charge in [-0.3, -0.25) is 9.59 Å². The van der Waals surface area contributed by atoms with Gasteiger partial charge in [0.15, 0.2) is 0 Å². The number of hydrogen-bond donors (Lipinski definition) is 2. The van der Waals surface area contributed by atoms with E-state index in [9.17, 15) is 9.59 Å². The molecule has 0 saturated carbocycles. The number of hydrogen-bond acceptors (Lipinski definition) is 3. The van der Waals surface area contributed by atoms with Crippen molar-refractivity contribution in [2.45, 2.75) is 6.92 Å².